The first kappa shape index (κ1) is 19.8. The Balaban J connectivity index is 2.14. The molecule has 0 aliphatic carbocycles. The maximum Gasteiger partial charge on any atom is 0.416 e. The zero-order valence-electron chi connectivity index (χ0n) is 14.8. The molecule has 0 radical (unpaired) electrons. The van der Waals surface area contributed by atoms with Crippen LogP contribution in [0.4, 0.5) is 24.7 Å². The van der Waals surface area contributed by atoms with Crippen molar-refractivity contribution < 1.29 is 21.6 Å². The lowest BCUT2D eigenvalue weighted by Gasteiger charge is -2.14. The van der Waals surface area contributed by atoms with Gasteiger partial charge in [0.15, 0.2) is 0 Å². The van der Waals surface area contributed by atoms with E-state index in [2.05, 4.69) is 15.3 Å². The number of nitrogens with one attached hydrogen (secondary N) is 1. The van der Waals surface area contributed by atoms with Crippen molar-refractivity contribution in [3.63, 3.8) is 0 Å². The molecule has 0 fully saturated rings. The van der Waals surface area contributed by atoms with Crippen LogP contribution in [0.3, 0.4) is 0 Å². The van der Waals surface area contributed by atoms with Crippen LogP contribution in [-0.4, -0.2) is 23.0 Å². The molecule has 0 bridgehead atoms. The van der Waals surface area contributed by atoms with Crippen LogP contribution in [-0.2, 0) is 23.2 Å². The highest BCUT2D eigenvalue weighted by atomic mass is 32.2. The number of halogens is 3. The van der Waals surface area contributed by atoms with E-state index >= 15 is 0 Å². The molecule has 3 rings (SSSR count). The third-order valence-electron chi connectivity index (χ3n) is 3.91. The summed E-state index contributed by atoms with van der Waals surface area (Å²) in [4.78, 5) is 8.18. The van der Waals surface area contributed by atoms with Gasteiger partial charge in [-0.05, 0) is 31.2 Å². The Labute approximate surface area is 159 Å². The normalized spacial score (nSPS) is 12.2. The number of hydrogen-bond acceptors (Lipinski definition) is 5. The van der Waals surface area contributed by atoms with E-state index in [9.17, 15) is 21.6 Å². The van der Waals surface area contributed by atoms with Crippen molar-refractivity contribution >= 4 is 21.5 Å². The van der Waals surface area contributed by atoms with E-state index < -0.39 is 21.8 Å². The number of aromatic nitrogens is 3. The topological polar surface area (TPSA) is 103 Å². The van der Waals surface area contributed by atoms with Gasteiger partial charge in [-0.1, -0.05) is 6.07 Å². The molecule has 0 saturated carbocycles. The van der Waals surface area contributed by atoms with Crippen LogP contribution in [0.5, 0.6) is 0 Å². The molecule has 3 aromatic rings. The summed E-state index contributed by atoms with van der Waals surface area (Å²) in [5.74, 6) is 0.155. The summed E-state index contributed by atoms with van der Waals surface area (Å²) in [6, 6.07) is 5.90. The van der Waals surface area contributed by atoms with Crippen LogP contribution >= 0.6 is 0 Å². The highest BCUT2D eigenvalue weighted by Gasteiger charge is 2.30. The summed E-state index contributed by atoms with van der Waals surface area (Å²) in [5.41, 5.74) is 0.0932. The number of sulfonamides is 1. The van der Waals surface area contributed by atoms with Gasteiger partial charge >= 0.3 is 6.18 Å². The summed E-state index contributed by atoms with van der Waals surface area (Å²) >= 11 is 0. The Morgan fingerprint density at radius 3 is 2.50 bits per heavy atom. The van der Waals surface area contributed by atoms with Crippen LogP contribution in [0.25, 0.3) is 11.3 Å². The van der Waals surface area contributed by atoms with Gasteiger partial charge in [0.2, 0.25) is 10.0 Å². The molecule has 11 heteroatoms. The smallest absolute Gasteiger partial charge is 0.340 e. The SMILES string of the molecule is Cc1nc(Nc2cccc(C(F)(F)F)c2)c(-c2cn(C)cn2)cc1S(N)(=O)=O. The predicted octanol–water partition coefficient (Wildman–Crippen LogP) is 3.20. The number of rotatable bonds is 4. The number of pyridine rings is 1. The Morgan fingerprint density at radius 1 is 1.21 bits per heavy atom. The summed E-state index contributed by atoms with van der Waals surface area (Å²) in [5, 5.41) is 8.06. The van der Waals surface area contributed by atoms with E-state index in [1.807, 2.05) is 0 Å². The van der Waals surface area contributed by atoms with Gasteiger partial charge in [0.1, 0.15) is 10.7 Å². The number of nitrogens with zero attached hydrogens (tertiary/aromatic N) is 3. The van der Waals surface area contributed by atoms with Gasteiger partial charge in [-0.25, -0.2) is 23.5 Å². The Morgan fingerprint density at radius 2 is 1.93 bits per heavy atom. The maximum atomic E-state index is 13.0. The minimum absolute atomic E-state index is 0.108. The van der Waals surface area contributed by atoms with Crippen LogP contribution < -0.4 is 10.5 Å². The van der Waals surface area contributed by atoms with Crippen molar-refractivity contribution in [3.8, 4) is 11.3 Å². The molecule has 2 heterocycles. The molecule has 0 atom stereocenters. The fraction of sp³-hybridized carbons (Fsp3) is 0.176. The number of imidazole rings is 1. The maximum absolute atomic E-state index is 13.0. The number of benzene rings is 1. The molecule has 2 aromatic heterocycles. The first-order chi connectivity index (χ1) is 12.9. The van der Waals surface area contributed by atoms with Crippen LogP contribution in [0.2, 0.25) is 0 Å². The summed E-state index contributed by atoms with van der Waals surface area (Å²) in [7, 11) is -2.33. The number of hydrogen-bond donors (Lipinski definition) is 2. The van der Waals surface area contributed by atoms with Gasteiger partial charge in [0.25, 0.3) is 0 Å². The number of alkyl halides is 3. The van der Waals surface area contributed by atoms with Gasteiger partial charge in [-0.2, -0.15) is 13.2 Å². The van der Waals surface area contributed by atoms with Crippen molar-refractivity contribution in [3.05, 3.63) is 54.1 Å². The van der Waals surface area contributed by atoms with Crippen molar-refractivity contribution in [1.29, 1.82) is 0 Å². The predicted molar refractivity (Wildman–Crippen MR) is 97.3 cm³/mol. The minimum atomic E-state index is -4.50. The van der Waals surface area contributed by atoms with E-state index in [0.717, 1.165) is 12.1 Å². The van der Waals surface area contributed by atoms with E-state index in [0.29, 0.717) is 5.69 Å². The first-order valence-corrected chi connectivity index (χ1v) is 9.47. The number of aryl methyl sites for hydroxylation is 2. The largest absolute Gasteiger partial charge is 0.416 e. The van der Waals surface area contributed by atoms with Gasteiger partial charge in [0.05, 0.1) is 23.3 Å². The molecule has 0 aliphatic heterocycles. The van der Waals surface area contributed by atoms with Gasteiger partial charge < -0.3 is 9.88 Å². The molecule has 1 aromatic carbocycles. The van der Waals surface area contributed by atoms with E-state index in [4.69, 9.17) is 5.14 Å². The lowest BCUT2D eigenvalue weighted by Crippen LogP contribution is -2.15. The molecule has 0 saturated heterocycles. The summed E-state index contributed by atoms with van der Waals surface area (Å²) in [6.45, 7) is 1.44. The molecule has 28 heavy (non-hydrogen) atoms. The van der Waals surface area contributed by atoms with Crippen molar-refractivity contribution in [1.82, 2.24) is 14.5 Å². The molecule has 0 unspecified atom stereocenters. The molecule has 3 N–H and O–H groups in total. The first-order valence-electron chi connectivity index (χ1n) is 7.92. The van der Waals surface area contributed by atoms with Crippen LogP contribution in [0.1, 0.15) is 11.3 Å². The Kier molecular flexibility index (Phi) is 4.90. The molecule has 7 nitrogen and oxygen atoms in total. The van der Waals surface area contributed by atoms with E-state index in [-0.39, 0.29) is 27.7 Å². The average Bonchev–Trinajstić information content (AvgIpc) is 2.99. The highest BCUT2D eigenvalue weighted by Crippen LogP contribution is 2.34. The van der Waals surface area contributed by atoms with Crippen LogP contribution in [0.15, 0.2) is 47.8 Å². The summed E-state index contributed by atoms with van der Waals surface area (Å²) < 4.78 is 64.2. The lowest BCUT2D eigenvalue weighted by molar-refractivity contribution is -0.137. The molecular weight excluding hydrogens is 395 g/mol. The van der Waals surface area contributed by atoms with Crippen molar-refractivity contribution in [2.45, 2.75) is 18.0 Å². The second-order valence-corrected chi connectivity index (χ2v) is 7.67. The van der Waals surface area contributed by atoms with Crippen LogP contribution in [0, 0.1) is 6.92 Å². The third-order valence-corrected chi connectivity index (χ3v) is 4.93. The number of nitrogens with two attached hydrogens (primary N) is 1. The Hall–Kier alpha value is -2.92. The van der Waals surface area contributed by atoms with Gasteiger partial charge in [0, 0.05) is 24.5 Å². The Bertz CT molecular complexity index is 1140. The quantitative estimate of drug-likeness (QED) is 0.686. The minimum Gasteiger partial charge on any atom is -0.340 e. The summed E-state index contributed by atoms with van der Waals surface area (Å²) in [6.07, 6.45) is -1.38. The molecule has 0 amide bonds. The zero-order valence-corrected chi connectivity index (χ0v) is 15.6. The fourth-order valence-electron chi connectivity index (χ4n) is 2.63. The van der Waals surface area contributed by atoms with E-state index in [1.54, 1.807) is 17.8 Å². The standard InChI is InChI=1S/C17H16F3N5O2S/c1-10-15(28(21,26)27)7-13(14-8-25(2)9-22-14)16(23-10)24-12-5-3-4-11(6-12)17(18,19)20/h3-9H,1-2H3,(H,23,24)(H2,21,26,27). The third kappa shape index (κ3) is 4.15. The second-order valence-electron chi connectivity index (χ2n) is 6.14. The van der Waals surface area contributed by atoms with E-state index in [1.165, 1.54) is 31.5 Å². The lowest BCUT2D eigenvalue weighted by atomic mass is 10.1. The fourth-order valence-corrected chi connectivity index (χ4v) is 3.37. The van der Waals surface area contributed by atoms with Crippen molar-refractivity contribution in [2.75, 3.05) is 5.32 Å². The molecular formula is C17H16F3N5O2S. The number of primary sulfonamides is 1. The van der Waals surface area contributed by atoms with Gasteiger partial charge in [-0.3, -0.25) is 0 Å². The molecule has 148 valence electrons. The monoisotopic (exact) mass is 411 g/mol. The number of anilines is 2. The molecule has 0 spiro atoms. The molecule has 0 aliphatic rings. The highest BCUT2D eigenvalue weighted by molar-refractivity contribution is 7.89. The average molecular weight is 411 g/mol. The van der Waals surface area contributed by atoms with Gasteiger partial charge in [-0.15, -0.1) is 0 Å². The van der Waals surface area contributed by atoms with Crippen molar-refractivity contribution in [2.24, 2.45) is 12.2 Å². The zero-order chi connectivity index (χ0) is 20.7. The second kappa shape index (κ2) is 6.91.